The van der Waals surface area contributed by atoms with Crippen LogP contribution in [0.15, 0.2) is 28.7 Å². The van der Waals surface area contributed by atoms with Crippen molar-refractivity contribution >= 4 is 5.97 Å². The number of carbonyl (C=O) groups is 1. The van der Waals surface area contributed by atoms with E-state index in [0.29, 0.717) is 37.7 Å². The molecule has 112 valence electrons. The highest BCUT2D eigenvalue weighted by Gasteiger charge is 2.07. The Morgan fingerprint density at radius 1 is 1.29 bits per heavy atom. The van der Waals surface area contributed by atoms with Crippen molar-refractivity contribution in [2.75, 3.05) is 6.61 Å². The van der Waals surface area contributed by atoms with E-state index in [9.17, 15) is 4.79 Å². The Labute approximate surface area is 122 Å². The van der Waals surface area contributed by atoms with Gasteiger partial charge in [-0.3, -0.25) is 4.79 Å². The molecular formula is C15H18N2O4. The summed E-state index contributed by atoms with van der Waals surface area (Å²) < 4.78 is 11.0. The zero-order valence-corrected chi connectivity index (χ0v) is 11.9. The van der Waals surface area contributed by atoms with Gasteiger partial charge in [0.1, 0.15) is 5.75 Å². The third-order valence-corrected chi connectivity index (χ3v) is 2.86. The van der Waals surface area contributed by atoms with Crippen LogP contribution in [0.3, 0.4) is 0 Å². The molecule has 0 aliphatic carbocycles. The molecule has 1 aromatic heterocycles. The number of aromatic nitrogens is 2. The Morgan fingerprint density at radius 3 is 2.76 bits per heavy atom. The smallest absolute Gasteiger partial charge is 0.303 e. The van der Waals surface area contributed by atoms with E-state index in [0.717, 1.165) is 11.3 Å². The molecule has 0 atom stereocenters. The van der Waals surface area contributed by atoms with Crippen LogP contribution in [0.1, 0.15) is 30.2 Å². The molecule has 2 aromatic rings. The van der Waals surface area contributed by atoms with Crippen LogP contribution in [-0.2, 0) is 17.6 Å². The summed E-state index contributed by atoms with van der Waals surface area (Å²) in [5, 5.41) is 16.4. The Balaban J connectivity index is 1.74. The van der Waals surface area contributed by atoms with Gasteiger partial charge in [-0.15, -0.1) is 10.2 Å². The van der Waals surface area contributed by atoms with Crippen molar-refractivity contribution in [3.8, 4) is 5.75 Å². The van der Waals surface area contributed by atoms with Gasteiger partial charge in [-0.25, -0.2) is 0 Å². The number of benzene rings is 1. The summed E-state index contributed by atoms with van der Waals surface area (Å²) in [7, 11) is 0. The molecule has 0 spiro atoms. The third-order valence-electron chi connectivity index (χ3n) is 2.86. The molecule has 0 unspecified atom stereocenters. The average Bonchev–Trinajstić information content (AvgIpc) is 2.86. The zero-order valence-electron chi connectivity index (χ0n) is 11.9. The number of carboxylic acid groups (broad SMARTS) is 1. The second kappa shape index (κ2) is 7.42. The normalized spacial score (nSPS) is 10.5. The second-order valence-electron chi connectivity index (χ2n) is 4.75. The van der Waals surface area contributed by atoms with E-state index < -0.39 is 5.97 Å². The van der Waals surface area contributed by atoms with E-state index in [4.69, 9.17) is 14.3 Å². The number of aryl methyl sites for hydroxylation is 2. The van der Waals surface area contributed by atoms with Crippen LogP contribution in [0, 0.1) is 6.92 Å². The molecule has 1 heterocycles. The average molecular weight is 290 g/mol. The molecule has 0 radical (unpaired) electrons. The fourth-order valence-electron chi connectivity index (χ4n) is 1.84. The first kappa shape index (κ1) is 15.0. The van der Waals surface area contributed by atoms with Gasteiger partial charge in [0, 0.05) is 12.8 Å². The Kier molecular flexibility index (Phi) is 5.31. The van der Waals surface area contributed by atoms with Crippen LogP contribution in [0.5, 0.6) is 5.75 Å². The van der Waals surface area contributed by atoms with Gasteiger partial charge >= 0.3 is 5.97 Å². The van der Waals surface area contributed by atoms with Gasteiger partial charge in [-0.1, -0.05) is 12.1 Å². The SMILES string of the molecule is Cc1cccc(OCCc2nnc(CCCC(=O)O)o2)c1. The minimum absolute atomic E-state index is 0.105. The van der Waals surface area contributed by atoms with Crippen LogP contribution in [0.25, 0.3) is 0 Å². The maximum absolute atomic E-state index is 10.4. The molecule has 2 rings (SSSR count). The number of rotatable bonds is 8. The third kappa shape index (κ3) is 5.25. The fraction of sp³-hybridized carbons (Fsp3) is 0.400. The number of carboxylic acids is 1. The quantitative estimate of drug-likeness (QED) is 0.803. The summed E-state index contributed by atoms with van der Waals surface area (Å²) in [5.41, 5.74) is 1.14. The van der Waals surface area contributed by atoms with Gasteiger partial charge in [-0.2, -0.15) is 0 Å². The van der Waals surface area contributed by atoms with E-state index in [-0.39, 0.29) is 6.42 Å². The van der Waals surface area contributed by atoms with Crippen LogP contribution >= 0.6 is 0 Å². The molecule has 1 aromatic carbocycles. The Morgan fingerprint density at radius 2 is 2.05 bits per heavy atom. The van der Waals surface area contributed by atoms with Crippen molar-refractivity contribution in [2.24, 2.45) is 0 Å². The summed E-state index contributed by atoms with van der Waals surface area (Å²) in [5.74, 6) is 0.979. The molecule has 6 heteroatoms. The van der Waals surface area contributed by atoms with Crippen molar-refractivity contribution in [3.05, 3.63) is 41.6 Å². The van der Waals surface area contributed by atoms with Crippen molar-refractivity contribution in [1.29, 1.82) is 0 Å². The minimum atomic E-state index is -0.818. The lowest BCUT2D eigenvalue weighted by molar-refractivity contribution is -0.137. The van der Waals surface area contributed by atoms with Gasteiger partial charge in [-0.05, 0) is 31.0 Å². The lowest BCUT2D eigenvalue weighted by atomic mass is 10.2. The molecule has 0 bridgehead atoms. The predicted molar refractivity (Wildman–Crippen MR) is 75.2 cm³/mol. The monoisotopic (exact) mass is 290 g/mol. The molecule has 6 nitrogen and oxygen atoms in total. The summed E-state index contributed by atoms with van der Waals surface area (Å²) in [6.45, 7) is 2.47. The van der Waals surface area contributed by atoms with Crippen molar-refractivity contribution in [2.45, 2.75) is 32.6 Å². The first-order chi connectivity index (χ1) is 10.1. The summed E-state index contributed by atoms with van der Waals surface area (Å²) >= 11 is 0. The molecule has 0 amide bonds. The van der Waals surface area contributed by atoms with Gasteiger partial charge in [0.2, 0.25) is 11.8 Å². The largest absolute Gasteiger partial charge is 0.493 e. The maximum Gasteiger partial charge on any atom is 0.303 e. The van der Waals surface area contributed by atoms with E-state index in [1.165, 1.54) is 0 Å². The predicted octanol–water partition coefficient (Wildman–Crippen LogP) is 2.41. The summed E-state index contributed by atoms with van der Waals surface area (Å²) in [6.07, 6.45) is 1.61. The topological polar surface area (TPSA) is 85.5 Å². The molecule has 0 aliphatic rings. The lowest BCUT2D eigenvalue weighted by Crippen LogP contribution is -2.01. The van der Waals surface area contributed by atoms with Gasteiger partial charge in [0.05, 0.1) is 13.0 Å². The molecule has 1 N–H and O–H groups in total. The van der Waals surface area contributed by atoms with E-state index in [1.54, 1.807) is 0 Å². The highest BCUT2D eigenvalue weighted by molar-refractivity contribution is 5.66. The first-order valence-corrected chi connectivity index (χ1v) is 6.86. The molecule has 0 aliphatic heterocycles. The Hall–Kier alpha value is -2.37. The lowest BCUT2D eigenvalue weighted by Gasteiger charge is -2.04. The van der Waals surface area contributed by atoms with Crippen LogP contribution in [-0.4, -0.2) is 27.9 Å². The number of nitrogens with zero attached hydrogens (tertiary/aromatic N) is 2. The number of ether oxygens (including phenoxy) is 1. The summed E-state index contributed by atoms with van der Waals surface area (Å²) in [4.78, 5) is 10.4. The number of aliphatic carboxylic acids is 1. The number of hydrogen-bond acceptors (Lipinski definition) is 5. The molecule has 0 fully saturated rings. The maximum atomic E-state index is 10.4. The molecule has 21 heavy (non-hydrogen) atoms. The molecular weight excluding hydrogens is 272 g/mol. The highest BCUT2D eigenvalue weighted by atomic mass is 16.5. The van der Waals surface area contributed by atoms with Crippen molar-refractivity contribution in [3.63, 3.8) is 0 Å². The van der Waals surface area contributed by atoms with E-state index >= 15 is 0 Å². The minimum Gasteiger partial charge on any atom is -0.493 e. The second-order valence-corrected chi connectivity index (χ2v) is 4.75. The summed E-state index contributed by atoms with van der Waals surface area (Å²) in [6, 6.07) is 7.81. The van der Waals surface area contributed by atoms with Crippen LogP contribution in [0.2, 0.25) is 0 Å². The Bertz CT molecular complexity index is 595. The van der Waals surface area contributed by atoms with E-state index in [2.05, 4.69) is 10.2 Å². The van der Waals surface area contributed by atoms with Crippen molar-refractivity contribution in [1.82, 2.24) is 10.2 Å². The van der Waals surface area contributed by atoms with Crippen molar-refractivity contribution < 1.29 is 19.1 Å². The van der Waals surface area contributed by atoms with Crippen LogP contribution < -0.4 is 4.74 Å². The van der Waals surface area contributed by atoms with Gasteiger partial charge in [0.25, 0.3) is 0 Å². The highest BCUT2D eigenvalue weighted by Crippen LogP contribution is 2.13. The van der Waals surface area contributed by atoms with Gasteiger partial charge < -0.3 is 14.3 Å². The first-order valence-electron chi connectivity index (χ1n) is 6.86. The number of hydrogen-bond donors (Lipinski definition) is 1. The van der Waals surface area contributed by atoms with E-state index in [1.807, 2.05) is 31.2 Å². The molecule has 0 saturated heterocycles. The standard InChI is InChI=1S/C15H18N2O4/c1-11-4-2-5-12(10-11)20-9-8-14-17-16-13(21-14)6-3-7-15(18)19/h2,4-5,10H,3,6-9H2,1H3,(H,18,19). The van der Waals surface area contributed by atoms with Gasteiger partial charge in [0.15, 0.2) is 0 Å². The fourth-order valence-corrected chi connectivity index (χ4v) is 1.84. The van der Waals surface area contributed by atoms with Crippen LogP contribution in [0.4, 0.5) is 0 Å². The zero-order chi connectivity index (χ0) is 15.1. The molecule has 0 saturated carbocycles.